The molecule has 1 aliphatic heterocycles. The average molecular weight is 467 g/mol. The monoisotopic (exact) mass is 466 g/mol. The molecule has 1 N–H and O–H groups in total. The first-order chi connectivity index (χ1) is 16.1. The summed E-state index contributed by atoms with van der Waals surface area (Å²) in [6.07, 6.45) is 1.87. The molecule has 2 heterocycles. The number of benzene rings is 1. The second kappa shape index (κ2) is 9.24. The van der Waals surface area contributed by atoms with Crippen LogP contribution in [0.1, 0.15) is 54.8 Å². The van der Waals surface area contributed by atoms with Crippen molar-refractivity contribution in [2.45, 2.75) is 65.1 Å². The lowest BCUT2D eigenvalue weighted by Gasteiger charge is -2.44. The van der Waals surface area contributed by atoms with Gasteiger partial charge in [-0.15, -0.1) is 0 Å². The topological polar surface area (TPSA) is 95.8 Å². The molecule has 1 saturated heterocycles. The van der Waals surface area contributed by atoms with Crippen LogP contribution in [0.15, 0.2) is 28.7 Å². The van der Waals surface area contributed by atoms with E-state index in [0.29, 0.717) is 36.6 Å². The normalized spacial score (nSPS) is 21.6. The molecule has 2 aliphatic rings. The number of hydrogen-bond donors (Lipinski definition) is 1. The van der Waals surface area contributed by atoms with Gasteiger partial charge >= 0.3 is 0 Å². The van der Waals surface area contributed by atoms with Crippen molar-refractivity contribution in [3.8, 4) is 0 Å². The van der Waals surface area contributed by atoms with Crippen LogP contribution < -0.4 is 5.32 Å². The molecule has 4 rings (SSSR count). The van der Waals surface area contributed by atoms with E-state index < -0.39 is 18.1 Å². The van der Waals surface area contributed by atoms with E-state index in [1.54, 1.807) is 27.9 Å². The molecule has 1 aromatic carbocycles. The number of nitrogens with zero attached hydrogens (tertiary/aromatic N) is 3. The highest BCUT2D eigenvalue weighted by Gasteiger charge is 2.50. The number of carbonyl (C=O) groups excluding carboxylic acids is 3. The highest BCUT2D eigenvalue weighted by Crippen LogP contribution is 2.36. The van der Waals surface area contributed by atoms with Gasteiger partial charge in [0.25, 0.3) is 5.91 Å². The van der Waals surface area contributed by atoms with E-state index in [1.807, 2.05) is 26.0 Å². The number of piperazine rings is 1. The van der Waals surface area contributed by atoms with Crippen LogP contribution in [-0.2, 0) is 27.2 Å². The SMILES string of the molecule is Cc1nc(C(C(=O)N(C)C)N2C(=O)C(C3Cc4ccccc4C3)NC(=O)C2CC(C)C)c(C)o1. The minimum atomic E-state index is -1.03. The Bertz CT molecular complexity index is 1080. The summed E-state index contributed by atoms with van der Waals surface area (Å²) >= 11 is 0. The van der Waals surface area contributed by atoms with Gasteiger partial charge in [0.15, 0.2) is 11.9 Å². The quantitative estimate of drug-likeness (QED) is 0.706. The third kappa shape index (κ3) is 4.33. The van der Waals surface area contributed by atoms with Gasteiger partial charge in [-0.3, -0.25) is 14.4 Å². The Morgan fingerprint density at radius 1 is 1.18 bits per heavy atom. The molecule has 3 atom stereocenters. The number of hydrogen-bond acceptors (Lipinski definition) is 5. The Hall–Kier alpha value is -3.16. The number of fused-ring (bicyclic) bond motifs is 1. The van der Waals surface area contributed by atoms with Gasteiger partial charge in [0.05, 0.1) is 0 Å². The van der Waals surface area contributed by atoms with Crippen molar-refractivity contribution in [1.29, 1.82) is 0 Å². The summed E-state index contributed by atoms with van der Waals surface area (Å²) in [7, 11) is 3.29. The van der Waals surface area contributed by atoms with Crippen molar-refractivity contribution in [2.24, 2.45) is 11.8 Å². The van der Waals surface area contributed by atoms with Gasteiger partial charge in [-0.1, -0.05) is 38.1 Å². The van der Waals surface area contributed by atoms with Gasteiger partial charge in [0.2, 0.25) is 11.8 Å². The van der Waals surface area contributed by atoms with E-state index in [2.05, 4.69) is 22.4 Å². The van der Waals surface area contributed by atoms with Crippen molar-refractivity contribution in [3.05, 3.63) is 52.7 Å². The number of aromatic nitrogens is 1. The molecule has 3 amide bonds. The maximum atomic E-state index is 14.1. The average Bonchev–Trinajstić information content (AvgIpc) is 3.34. The maximum absolute atomic E-state index is 14.1. The van der Waals surface area contributed by atoms with E-state index in [4.69, 9.17) is 4.42 Å². The summed E-state index contributed by atoms with van der Waals surface area (Å²) in [6, 6.07) is 5.64. The Morgan fingerprint density at radius 2 is 1.79 bits per heavy atom. The van der Waals surface area contributed by atoms with Gasteiger partial charge in [0.1, 0.15) is 23.5 Å². The zero-order chi connectivity index (χ0) is 24.7. The Balaban J connectivity index is 1.77. The lowest BCUT2D eigenvalue weighted by Crippen LogP contribution is -2.67. The summed E-state index contributed by atoms with van der Waals surface area (Å²) in [4.78, 5) is 48.5. The molecule has 1 aliphatic carbocycles. The Kier molecular flexibility index (Phi) is 6.51. The smallest absolute Gasteiger partial charge is 0.251 e. The first-order valence-electron chi connectivity index (χ1n) is 11.9. The highest BCUT2D eigenvalue weighted by atomic mass is 16.4. The van der Waals surface area contributed by atoms with Crippen molar-refractivity contribution in [1.82, 2.24) is 20.1 Å². The Labute approximate surface area is 200 Å². The molecule has 1 fully saturated rings. The molecule has 0 bridgehead atoms. The molecular weight excluding hydrogens is 432 g/mol. The standard InChI is InChI=1S/C26H34N4O4/c1-14(2)11-20-24(31)28-22(19-12-17-9-7-8-10-18(17)13-19)25(32)30(20)23(26(33)29(5)6)21-15(3)34-16(4)27-21/h7-10,14,19-20,22-23H,11-13H2,1-6H3,(H,28,31). The third-order valence-corrected chi connectivity index (χ3v) is 6.86. The number of likely N-dealkylation sites (N-methyl/N-ethyl adjacent to an activating group) is 1. The van der Waals surface area contributed by atoms with Crippen LogP contribution in [-0.4, -0.2) is 58.7 Å². The fourth-order valence-electron chi connectivity index (χ4n) is 5.29. The van der Waals surface area contributed by atoms with E-state index in [1.165, 1.54) is 20.9 Å². The van der Waals surface area contributed by atoms with Gasteiger partial charge in [-0.2, -0.15) is 0 Å². The first-order valence-corrected chi connectivity index (χ1v) is 11.9. The predicted molar refractivity (Wildman–Crippen MR) is 127 cm³/mol. The summed E-state index contributed by atoms with van der Waals surface area (Å²) in [5.41, 5.74) is 2.80. The summed E-state index contributed by atoms with van der Waals surface area (Å²) in [5, 5.41) is 3.02. The van der Waals surface area contributed by atoms with Crippen molar-refractivity contribution in [2.75, 3.05) is 14.1 Å². The molecule has 0 spiro atoms. The fourth-order valence-corrected chi connectivity index (χ4v) is 5.29. The van der Waals surface area contributed by atoms with E-state index >= 15 is 0 Å². The van der Waals surface area contributed by atoms with Crippen LogP contribution in [0.2, 0.25) is 0 Å². The zero-order valence-electron chi connectivity index (χ0n) is 20.8. The number of amides is 3. The molecule has 34 heavy (non-hydrogen) atoms. The van der Waals surface area contributed by atoms with Gasteiger partial charge < -0.3 is 19.5 Å². The molecule has 3 unspecified atom stereocenters. The lowest BCUT2D eigenvalue weighted by atomic mass is 9.88. The minimum Gasteiger partial charge on any atom is -0.446 e. The number of carbonyl (C=O) groups is 3. The second-order valence-corrected chi connectivity index (χ2v) is 10.1. The van der Waals surface area contributed by atoms with Crippen molar-refractivity contribution < 1.29 is 18.8 Å². The maximum Gasteiger partial charge on any atom is 0.251 e. The van der Waals surface area contributed by atoms with Crippen LogP contribution >= 0.6 is 0 Å². The van der Waals surface area contributed by atoms with Gasteiger partial charge in [-0.25, -0.2) is 4.98 Å². The van der Waals surface area contributed by atoms with Crippen molar-refractivity contribution >= 4 is 17.7 Å². The summed E-state index contributed by atoms with van der Waals surface area (Å²) in [5.74, 6) is 0.222. The first kappa shape index (κ1) is 24.0. The van der Waals surface area contributed by atoms with Crippen LogP contribution in [0.3, 0.4) is 0 Å². The van der Waals surface area contributed by atoms with Gasteiger partial charge in [0, 0.05) is 21.0 Å². The Morgan fingerprint density at radius 3 is 2.29 bits per heavy atom. The molecular formula is C26H34N4O4. The van der Waals surface area contributed by atoms with Gasteiger partial charge in [-0.05, 0) is 49.1 Å². The molecule has 8 heteroatoms. The van der Waals surface area contributed by atoms with Crippen LogP contribution in [0, 0.1) is 25.7 Å². The predicted octanol–water partition coefficient (Wildman–Crippen LogP) is 2.58. The molecule has 1 aromatic heterocycles. The van der Waals surface area contributed by atoms with Crippen LogP contribution in [0.5, 0.6) is 0 Å². The molecule has 8 nitrogen and oxygen atoms in total. The van der Waals surface area contributed by atoms with E-state index in [9.17, 15) is 14.4 Å². The minimum absolute atomic E-state index is 0.0633. The van der Waals surface area contributed by atoms with E-state index in [-0.39, 0.29) is 29.6 Å². The molecule has 2 aromatic rings. The largest absolute Gasteiger partial charge is 0.446 e. The zero-order valence-corrected chi connectivity index (χ0v) is 20.8. The van der Waals surface area contributed by atoms with Crippen molar-refractivity contribution in [3.63, 3.8) is 0 Å². The molecule has 0 saturated carbocycles. The summed E-state index contributed by atoms with van der Waals surface area (Å²) < 4.78 is 5.64. The van der Waals surface area contributed by atoms with E-state index in [0.717, 1.165) is 0 Å². The number of aryl methyl sites for hydroxylation is 2. The van der Waals surface area contributed by atoms with Crippen LogP contribution in [0.4, 0.5) is 0 Å². The lowest BCUT2D eigenvalue weighted by molar-refractivity contribution is -0.159. The molecule has 0 radical (unpaired) electrons. The third-order valence-electron chi connectivity index (χ3n) is 6.86. The highest BCUT2D eigenvalue weighted by molar-refractivity contribution is 6.00. The number of oxazole rings is 1. The fraction of sp³-hybridized carbons (Fsp3) is 0.538. The number of rotatable bonds is 6. The summed E-state index contributed by atoms with van der Waals surface area (Å²) in [6.45, 7) is 7.46. The van der Waals surface area contributed by atoms with Crippen LogP contribution in [0.25, 0.3) is 0 Å². The molecule has 182 valence electrons. The second-order valence-electron chi connectivity index (χ2n) is 10.1. The number of nitrogens with one attached hydrogen (secondary N) is 1.